The van der Waals surface area contributed by atoms with Crippen LogP contribution in [0, 0.1) is 17.4 Å². The number of nitrogens with zero attached hydrogens (tertiary/aromatic N) is 4. The number of nitriles is 1. The fourth-order valence-electron chi connectivity index (χ4n) is 2.44. The smallest absolute Gasteiger partial charge is 0.207 e. The molecule has 0 aliphatic carbocycles. The van der Waals surface area contributed by atoms with Crippen molar-refractivity contribution >= 4 is 17.4 Å². The van der Waals surface area contributed by atoms with E-state index in [-0.39, 0.29) is 11.3 Å². The van der Waals surface area contributed by atoms with Crippen LogP contribution < -0.4 is 10.2 Å². The topological polar surface area (TPSA) is 75.8 Å². The zero-order valence-corrected chi connectivity index (χ0v) is 17.3. The molecule has 0 saturated heterocycles. The molecule has 144 valence electrons. The van der Waals surface area contributed by atoms with Crippen LogP contribution in [0.3, 0.4) is 0 Å². The second-order valence-electron chi connectivity index (χ2n) is 7.65. The molecule has 1 heterocycles. The van der Waals surface area contributed by atoms with E-state index in [0.29, 0.717) is 34.3 Å². The third-order valence-corrected chi connectivity index (χ3v) is 4.01. The summed E-state index contributed by atoms with van der Waals surface area (Å²) in [5, 5.41) is 9.66. The number of aliphatic imine (C=N–C) groups is 1. The Labute approximate surface area is 164 Å². The van der Waals surface area contributed by atoms with Gasteiger partial charge in [-0.05, 0) is 24.1 Å². The molecule has 0 aliphatic rings. The quantitative estimate of drug-likeness (QED) is 0.438. The highest BCUT2D eigenvalue weighted by Gasteiger charge is 2.21. The minimum Gasteiger partial charge on any atom is -0.496 e. The van der Waals surface area contributed by atoms with E-state index in [1.54, 1.807) is 30.0 Å². The summed E-state index contributed by atoms with van der Waals surface area (Å²) in [6, 6.07) is 6.99. The van der Waals surface area contributed by atoms with E-state index in [2.05, 4.69) is 44.6 Å². The van der Waals surface area contributed by atoms with Gasteiger partial charge in [0.05, 0.1) is 19.2 Å². The molecule has 0 unspecified atom stereocenters. The maximum Gasteiger partial charge on any atom is 0.207 e. The molecule has 2 rings (SSSR count). The molecule has 0 spiro atoms. The number of halogens is 1. The molecule has 0 atom stereocenters. The van der Waals surface area contributed by atoms with Crippen molar-refractivity contribution in [1.82, 2.24) is 4.74 Å². The lowest BCUT2D eigenvalue weighted by molar-refractivity contribution is 0.199. The van der Waals surface area contributed by atoms with E-state index in [0.717, 1.165) is 5.76 Å². The lowest BCUT2D eigenvalue weighted by atomic mass is 9.94. The lowest BCUT2D eigenvalue weighted by Gasteiger charge is -2.13. The fraction of sp³-hybridized carbons (Fsp3) is 0.450. The third-order valence-electron chi connectivity index (χ3n) is 3.77. The summed E-state index contributed by atoms with van der Waals surface area (Å²) >= 11 is 6.13. The van der Waals surface area contributed by atoms with Crippen LogP contribution >= 0.6 is 11.6 Å². The lowest BCUT2D eigenvalue weighted by Crippen LogP contribution is -2.20. The maximum atomic E-state index is 9.16. The Bertz CT molecular complexity index is 940. The molecule has 0 N–H and O–H groups in total. The van der Waals surface area contributed by atoms with Crippen molar-refractivity contribution < 1.29 is 9.26 Å². The number of hydrogen-bond acceptors (Lipinski definition) is 4. The van der Waals surface area contributed by atoms with Gasteiger partial charge < -0.3 is 9.26 Å². The third kappa shape index (κ3) is 5.24. The molecule has 1 aromatic carbocycles. The number of methoxy groups -OCH3 is 1. The molecule has 0 fully saturated rings. The van der Waals surface area contributed by atoms with Gasteiger partial charge in [0.15, 0.2) is 11.3 Å². The van der Waals surface area contributed by atoms with E-state index in [1.807, 2.05) is 12.3 Å². The second-order valence-corrected chi connectivity index (χ2v) is 8.09. The highest BCUT2D eigenvalue weighted by molar-refractivity contribution is 6.31. The van der Waals surface area contributed by atoms with Crippen LogP contribution in [-0.2, 0) is 12.0 Å². The van der Waals surface area contributed by atoms with Crippen LogP contribution in [-0.4, -0.2) is 17.7 Å². The van der Waals surface area contributed by atoms with Gasteiger partial charge >= 0.3 is 0 Å². The van der Waals surface area contributed by atoms with Crippen molar-refractivity contribution in [3.63, 3.8) is 0 Å². The Hall–Kier alpha value is -2.52. The summed E-state index contributed by atoms with van der Waals surface area (Å²) in [6.45, 7) is 11.1. The number of benzene rings is 1. The zero-order chi connectivity index (χ0) is 20.2. The molecule has 0 radical (unpaired) electrons. The Balaban J connectivity index is 2.69. The standard InChI is InChI=1S/C20H25ClN4O2/c1-13(2)11-25-18(10-17(27-25)20(3,4)5)24-19(23-12-22)15-9-14(21)7-8-16(15)26-6/h7-10,13H,11H2,1-6H3/b23-19?,24-18+. The zero-order valence-electron chi connectivity index (χ0n) is 16.6. The number of hydrogen-bond donors (Lipinski definition) is 0. The minimum atomic E-state index is -0.174. The maximum absolute atomic E-state index is 9.16. The molecule has 6 nitrogen and oxygen atoms in total. The van der Waals surface area contributed by atoms with Crippen LogP contribution in [0.15, 0.2) is 38.8 Å². The molecule has 27 heavy (non-hydrogen) atoms. The summed E-state index contributed by atoms with van der Waals surface area (Å²) in [7, 11) is 1.55. The van der Waals surface area contributed by atoms with Gasteiger partial charge in [-0.2, -0.15) is 15.0 Å². The van der Waals surface area contributed by atoms with Crippen molar-refractivity contribution in [1.29, 1.82) is 5.26 Å². The number of amidine groups is 1. The van der Waals surface area contributed by atoms with Gasteiger partial charge in [-0.3, -0.25) is 0 Å². The Morgan fingerprint density at radius 3 is 2.59 bits per heavy atom. The monoisotopic (exact) mass is 388 g/mol. The summed E-state index contributed by atoms with van der Waals surface area (Å²) in [4.78, 5) is 8.51. The molecular weight excluding hydrogens is 364 g/mol. The number of aromatic nitrogens is 1. The predicted molar refractivity (Wildman–Crippen MR) is 106 cm³/mol. The highest BCUT2D eigenvalue weighted by Crippen LogP contribution is 2.24. The van der Waals surface area contributed by atoms with Crippen molar-refractivity contribution in [3.05, 3.63) is 46.1 Å². The van der Waals surface area contributed by atoms with E-state index >= 15 is 0 Å². The first kappa shape index (κ1) is 20.8. The first-order valence-corrected chi connectivity index (χ1v) is 9.10. The van der Waals surface area contributed by atoms with Gasteiger partial charge in [-0.1, -0.05) is 46.2 Å². The van der Waals surface area contributed by atoms with Crippen LogP contribution in [0.5, 0.6) is 5.75 Å². The molecule has 0 amide bonds. The van der Waals surface area contributed by atoms with Gasteiger partial charge in [0.1, 0.15) is 11.5 Å². The van der Waals surface area contributed by atoms with Gasteiger partial charge in [0, 0.05) is 16.5 Å². The first-order valence-electron chi connectivity index (χ1n) is 8.72. The molecule has 0 bridgehead atoms. The van der Waals surface area contributed by atoms with Gasteiger partial charge in [-0.15, -0.1) is 0 Å². The van der Waals surface area contributed by atoms with Crippen molar-refractivity contribution in [2.45, 2.75) is 46.6 Å². The van der Waals surface area contributed by atoms with Crippen molar-refractivity contribution in [2.75, 3.05) is 7.11 Å². The second kappa shape index (κ2) is 8.45. The average Bonchev–Trinajstić information content (AvgIpc) is 2.96. The van der Waals surface area contributed by atoms with E-state index in [1.165, 1.54) is 0 Å². The first-order chi connectivity index (χ1) is 12.7. The SMILES string of the molecule is COc1ccc(Cl)cc1C(=NC#N)/N=c1\cc(C(C)(C)C)on1CC(C)C. The molecule has 2 aromatic rings. The number of ether oxygens (including phenoxy) is 1. The summed E-state index contributed by atoms with van der Waals surface area (Å²) in [5.41, 5.74) is 0.957. The van der Waals surface area contributed by atoms with Crippen molar-refractivity contribution in [2.24, 2.45) is 15.9 Å². The van der Waals surface area contributed by atoms with Crippen LogP contribution in [0.25, 0.3) is 0 Å². The molecular formula is C20H25ClN4O2. The van der Waals surface area contributed by atoms with Gasteiger partial charge in [0.2, 0.25) is 6.19 Å². The Morgan fingerprint density at radius 2 is 2.04 bits per heavy atom. The minimum absolute atomic E-state index is 0.174. The summed E-state index contributed by atoms with van der Waals surface area (Å²) in [5.74, 6) is 1.92. The largest absolute Gasteiger partial charge is 0.496 e. The van der Waals surface area contributed by atoms with Crippen molar-refractivity contribution in [3.8, 4) is 11.9 Å². The van der Waals surface area contributed by atoms with E-state index < -0.39 is 0 Å². The molecule has 1 aromatic heterocycles. The number of rotatable bonds is 4. The normalized spacial score (nSPS) is 13.1. The van der Waals surface area contributed by atoms with E-state index in [4.69, 9.17) is 26.1 Å². The fourth-order valence-corrected chi connectivity index (χ4v) is 2.61. The average molecular weight is 389 g/mol. The molecule has 7 heteroatoms. The van der Waals surface area contributed by atoms with Crippen LogP contribution in [0.4, 0.5) is 0 Å². The molecule has 0 saturated carbocycles. The molecule has 0 aliphatic heterocycles. The predicted octanol–water partition coefficient (Wildman–Crippen LogP) is 4.53. The highest BCUT2D eigenvalue weighted by atomic mass is 35.5. The van der Waals surface area contributed by atoms with Crippen LogP contribution in [0.2, 0.25) is 5.02 Å². The van der Waals surface area contributed by atoms with Gasteiger partial charge in [-0.25, -0.2) is 4.99 Å². The summed E-state index contributed by atoms with van der Waals surface area (Å²) in [6.07, 6.45) is 1.81. The van der Waals surface area contributed by atoms with Crippen LogP contribution in [0.1, 0.15) is 45.9 Å². The summed E-state index contributed by atoms with van der Waals surface area (Å²) < 4.78 is 13.1. The Morgan fingerprint density at radius 1 is 1.33 bits per heavy atom. The van der Waals surface area contributed by atoms with Gasteiger partial charge in [0.25, 0.3) is 0 Å². The Kier molecular flexibility index (Phi) is 6.50. The van der Waals surface area contributed by atoms with E-state index in [9.17, 15) is 0 Å².